The van der Waals surface area contributed by atoms with Crippen molar-refractivity contribution in [3.05, 3.63) is 0 Å². The summed E-state index contributed by atoms with van der Waals surface area (Å²) in [5.74, 6) is -0.153. The van der Waals surface area contributed by atoms with Crippen molar-refractivity contribution in [3.8, 4) is 0 Å². The van der Waals surface area contributed by atoms with Crippen LogP contribution in [0.1, 0.15) is 52.0 Å². The summed E-state index contributed by atoms with van der Waals surface area (Å²) in [6.45, 7) is 5.41. The molecule has 34 heavy (non-hydrogen) atoms. The molecule has 1 unspecified atom stereocenters. The highest BCUT2D eigenvalue weighted by molar-refractivity contribution is 7.99. The SMILES string of the molecule is CCCCNc1nc(SCCC)nc2c1nnn2[C@@H]1C[C@H](C(=O)NC2CCNC2=O)[C@@H](O)[C@H]1O. The number of aliphatic hydroxyl groups excluding tert-OH is 2. The Labute approximate surface area is 201 Å². The number of amides is 2. The fourth-order valence-corrected chi connectivity index (χ4v) is 5.01. The number of hydrogen-bond acceptors (Lipinski definition) is 10. The zero-order chi connectivity index (χ0) is 24.2. The zero-order valence-corrected chi connectivity index (χ0v) is 20.2. The van der Waals surface area contributed by atoms with Crippen molar-refractivity contribution in [1.29, 1.82) is 0 Å². The molecule has 2 aromatic heterocycles. The largest absolute Gasteiger partial charge is 0.390 e. The average molecular weight is 493 g/mol. The maximum absolute atomic E-state index is 12.8. The van der Waals surface area contributed by atoms with Gasteiger partial charge in [-0.1, -0.05) is 37.2 Å². The number of rotatable bonds is 10. The smallest absolute Gasteiger partial charge is 0.242 e. The van der Waals surface area contributed by atoms with Crippen molar-refractivity contribution < 1.29 is 19.8 Å². The standard InChI is InChI=1S/C21H32N8O4S/c1-3-5-7-22-17-14-18(26-21(25-17)34-9-4-2)29(28-27-14)13-10-11(15(30)16(13)31)19(32)24-12-6-8-23-20(12)33/h11-13,15-16,30-31H,3-10H2,1-2H3,(H,23,33)(H,24,32)(H,22,25,26)/t11-,12?,13+,15+,16-/m0/s1. The van der Waals surface area contributed by atoms with Crippen LogP contribution < -0.4 is 16.0 Å². The summed E-state index contributed by atoms with van der Waals surface area (Å²) in [6, 6.07) is -1.32. The minimum absolute atomic E-state index is 0.140. The predicted molar refractivity (Wildman–Crippen MR) is 126 cm³/mol. The maximum atomic E-state index is 12.8. The topological polar surface area (TPSA) is 167 Å². The third kappa shape index (κ3) is 4.96. The number of nitrogens with one attached hydrogen (secondary N) is 3. The van der Waals surface area contributed by atoms with E-state index in [0.29, 0.717) is 35.1 Å². The van der Waals surface area contributed by atoms with E-state index < -0.39 is 36.1 Å². The first kappa shape index (κ1) is 24.6. The molecule has 0 radical (unpaired) electrons. The Balaban J connectivity index is 1.59. The quantitative estimate of drug-likeness (QED) is 0.176. The van der Waals surface area contributed by atoms with Crippen molar-refractivity contribution in [2.45, 2.75) is 75.4 Å². The van der Waals surface area contributed by atoms with E-state index in [1.807, 2.05) is 0 Å². The van der Waals surface area contributed by atoms with Gasteiger partial charge in [0.15, 0.2) is 22.1 Å². The van der Waals surface area contributed by atoms with Crippen molar-refractivity contribution in [1.82, 2.24) is 35.6 Å². The predicted octanol–water partition coefficient (Wildman–Crippen LogP) is 0.223. The molecule has 0 bridgehead atoms. The van der Waals surface area contributed by atoms with Crippen LogP contribution in [0.3, 0.4) is 0 Å². The number of aliphatic hydroxyl groups is 2. The zero-order valence-electron chi connectivity index (χ0n) is 19.4. The highest BCUT2D eigenvalue weighted by Crippen LogP contribution is 2.37. The first-order valence-electron chi connectivity index (χ1n) is 11.9. The Hall–Kier alpha value is -2.51. The molecule has 4 rings (SSSR count). The van der Waals surface area contributed by atoms with Crippen LogP contribution in [0.15, 0.2) is 5.16 Å². The number of thioether (sulfide) groups is 1. The summed E-state index contributed by atoms with van der Waals surface area (Å²) < 4.78 is 1.49. The highest BCUT2D eigenvalue weighted by atomic mass is 32.2. The number of nitrogens with zero attached hydrogens (tertiary/aromatic N) is 5. The molecule has 0 aromatic carbocycles. The minimum Gasteiger partial charge on any atom is -0.390 e. The van der Waals surface area contributed by atoms with E-state index in [9.17, 15) is 19.8 Å². The molecular formula is C21H32N8O4S. The summed E-state index contributed by atoms with van der Waals surface area (Å²) in [4.78, 5) is 33.9. The summed E-state index contributed by atoms with van der Waals surface area (Å²) in [5.41, 5.74) is 0.925. The minimum atomic E-state index is -1.30. The number of carbonyl (C=O) groups is 2. The van der Waals surface area contributed by atoms with Crippen molar-refractivity contribution in [3.63, 3.8) is 0 Å². The molecule has 2 aliphatic rings. The second-order valence-corrected chi connectivity index (χ2v) is 9.78. The van der Waals surface area contributed by atoms with Gasteiger partial charge in [-0.2, -0.15) is 0 Å². The van der Waals surface area contributed by atoms with Crippen molar-refractivity contribution in [2.24, 2.45) is 5.92 Å². The van der Waals surface area contributed by atoms with Gasteiger partial charge in [0.2, 0.25) is 11.8 Å². The number of carbonyl (C=O) groups excluding carboxylic acids is 2. The molecule has 1 aliphatic heterocycles. The van der Waals surface area contributed by atoms with Gasteiger partial charge in [0.1, 0.15) is 12.1 Å². The molecule has 13 heteroatoms. The average Bonchev–Trinajstić information content (AvgIpc) is 3.51. The number of unbranched alkanes of at least 4 members (excludes halogenated alkanes) is 1. The van der Waals surface area contributed by atoms with E-state index in [-0.39, 0.29) is 12.3 Å². The van der Waals surface area contributed by atoms with Crippen LogP contribution in [0.2, 0.25) is 0 Å². The van der Waals surface area contributed by atoms with Gasteiger partial charge in [0.25, 0.3) is 0 Å². The lowest BCUT2D eigenvalue weighted by molar-refractivity contribution is -0.132. The normalized spacial score (nSPS) is 26.7. The molecule has 5 atom stereocenters. The highest BCUT2D eigenvalue weighted by Gasteiger charge is 2.47. The summed E-state index contributed by atoms with van der Waals surface area (Å²) in [5, 5.41) is 39.2. The number of hydrogen-bond donors (Lipinski definition) is 5. The molecule has 3 heterocycles. The summed E-state index contributed by atoms with van der Waals surface area (Å²) in [7, 11) is 0. The van der Waals surface area contributed by atoms with Crippen LogP contribution in [0.4, 0.5) is 5.82 Å². The van der Waals surface area contributed by atoms with E-state index in [1.165, 1.54) is 16.4 Å². The van der Waals surface area contributed by atoms with Crippen LogP contribution in [-0.4, -0.2) is 84.1 Å². The molecule has 1 saturated heterocycles. The lowest BCUT2D eigenvalue weighted by Crippen LogP contribution is -2.45. The molecule has 1 aliphatic carbocycles. The number of anilines is 1. The van der Waals surface area contributed by atoms with Crippen molar-refractivity contribution in [2.75, 3.05) is 24.2 Å². The van der Waals surface area contributed by atoms with E-state index >= 15 is 0 Å². The van der Waals surface area contributed by atoms with E-state index in [1.54, 1.807) is 0 Å². The first-order chi connectivity index (χ1) is 16.4. The molecule has 5 N–H and O–H groups in total. The fourth-order valence-electron chi connectivity index (χ4n) is 4.32. The lowest BCUT2D eigenvalue weighted by atomic mass is 10.0. The molecule has 2 amide bonds. The maximum Gasteiger partial charge on any atom is 0.242 e. The monoisotopic (exact) mass is 492 g/mol. The van der Waals surface area contributed by atoms with Crippen LogP contribution in [-0.2, 0) is 9.59 Å². The van der Waals surface area contributed by atoms with E-state index in [0.717, 1.165) is 31.6 Å². The van der Waals surface area contributed by atoms with Crippen LogP contribution in [0, 0.1) is 5.92 Å². The first-order valence-corrected chi connectivity index (χ1v) is 12.9. The molecule has 12 nitrogen and oxygen atoms in total. The number of fused-ring (bicyclic) bond motifs is 1. The van der Waals surface area contributed by atoms with Gasteiger partial charge in [0.05, 0.1) is 18.1 Å². The molecular weight excluding hydrogens is 460 g/mol. The van der Waals surface area contributed by atoms with Crippen LogP contribution >= 0.6 is 11.8 Å². The molecule has 2 aromatic rings. The van der Waals surface area contributed by atoms with Crippen molar-refractivity contribution >= 4 is 40.6 Å². The molecule has 1 saturated carbocycles. The molecule has 0 spiro atoms. The van der Waals surface area contributed by atoms with Gasteiger partial charge >= 0.3 is 0 Å². The Kier molecular flexibility index (Phi) is 7.84. The van der Waals surface area contributed by atoms with Gasteiger partial charge in [-0.15, -0.1) is 5.10 Å². The molecule has 2 fully saturated rings. The Morgan fingerprint density at radius 3 is 2.76 bits per heavy atom. The Morgan fingerprint density at radius 2 is 2.06 bits per heavy atom. The van der Waals surface area contributed by atoms with Gasteiger partial charge in [-0.25, -0.2) is 14.6 Å². The second-order valence-electron chi connectivity index (χ2n) is 8.72. The fraction of sp³-hybridized carbons (Fsp3) is 0.714. The van der Waals surface area contributed by atoms with E-state index in [2.05, 4.69) is 50.1 Å². The Morgan fingerprint density at radius 1 is 1.24 bits per heavy atom. The van der Waals surface area contributed by atoms with Gasteiger partial charge in [-0.3, -0.25) is 9.59 Å². The molecule has 186 valence electrons. The van der Waals surface area contributed by atoms with E-state index in [4.69, 9.17) is 0 Å². The second kappa shape index (κ2) is 10.8. The van der Waals surface area contributed by atoms with Crippen LogP contribution in [0.5, 0.6) is 0 Å². The number of aromatic nitrogens is 5. The summed E-state index contributed by atoms with van der Waals surface area (Å²) >= 11 is 1.52. The third-order valence-electron chi connectivity index (χ3n) is 6.23. The van der Waals surface area contributed by atoms with Gasteiger partial charge < -0.3 is 26.2 Å². The lowest BCUT2D eigenvalue weighted by Gasteiger charge is -2.18. The summed E-state index contributed by atoms with van der Waals surface area (Å²) in [6.07, 6.45) is 1.06. The Bertz CT molecular complexity index is 1030. The van der Waals surface area contributed by atoms with Crippen LogP contribution in [0.25, 0.3) is 11.2 Å². The van der Waals surface area contributed by atoms with Gasteiger partial charge in [0, 0.05) is 18.8 Å². The third-order valence-corrected chi connectivity index (χ3v) is 7.28. The van der Waals surface area contributed by atoms with Gasteiger partial charge in [-0.05, 0) is 25.7 Å².